The van der Waals surface area contributed by atoms with Gasteiger partial charge in [0.25, 0.3) is 0 Å². The third-order valence-corrected chi connectivity index (χ3v) is 6.33. The molecule has 8 nitrogen and oxygen atoms in total. The summed E-state index contributed by atoms with van der Waals surface area (Å²) in [5, 5.41) is 22.0. The quantitative estimate of drug-likeness (QED) is 0.212. The van der Waals surface area contributed by atoms with Crippen molar-refractivity contribution in [3.8, 4) is 11.1 Å². The highest BCUT2D eigenvalue weighted by Crippen LogP contribution is 2.27. The Morgan fingerprint density at radius 2 is 1.74 bits per heavy atom. The van der Waals surface area contributed by atoms with E-state index in [2.05, 4.69) is 0 Å². The number of nitrogens with one attached hydrogen (secondary N) is 2. The maximum absolute atomic E-state index is 13.1. The number of hydrogen-bond donors (Lipinski definition) is 4. The summed E-state index contributed by atoms with van der Waals surface area (Å²) in [6.07, 6.45) is 0.994. The van der Waals surface area contributed by atoms with Crippen LogP contribution in [0.15, 0.2) is 77.7 Å². The second kappa shape index (κ2) is 11.1. The molecule has 0 aliphatic heterocycles. The lowest BCUT2D eigenvalue weighted by Crippen LogP contribution is -2.32. The fraction of sp³-hybridized carbons (Fsp3) is 0.200. The monoisotopic (exact) mass is 480 g/mol. The molecule has 178 valence electrons. The molecule has 0 bridgehead atoms. The van der Waals surface area contributed by atoms with E-state index in [4.69, 9.17) is 15.8 Å². The van der Waals surface area contributed by atoms with Crippen molar-refractivity contribution in [3.05, 3.63) is 89.5 Å². The minimum Gasteiger partial charge on any atom is -0.338 e. The van der Waals surface area contributed by atoms with Crippen LogP contribution in [0.5, 0.6) is 0 Å². The predicted octanol–water partition coefficient (Wildman–Crippen LogP) is 3.29. The third-order valence-electron chi connectivity index (χ3n) is 5.36. The molecule has 0 radical (unpaired) electrons. The van der Waals surface area contributed by atoms with Crippen LogP contribution in [0.2, 0.25) is 0 Å². The highest BCUT2D eigenvalue weighted by molar-refractivity contribution is 7.89. The molecule has 3 aromatic carbocycles. The number of carbonyl (C=O) groups excluding carboxylic acids is 1. The number of sulfonamides is 1. The van der Waals surface area contributed by atoms with Crippen molar-refractivity contribution in [3.63, 3.8) is 0 Å². The van der Waals surface area contributed by atoms with Gasteiger partial charge in [-0.25, -0.2) is 13.6 Å². The van der Waals surface area contributed by atoms with Crippen LogP contribution in [0.1, 0.15) is 30.0 Å². The first-order chi connectivity index (χ1) is 16.2. The van der Waals surface area contributed by atoms with Crippen molar-refractivity contribution < 1.29 is 18.4 Å². The van der Waals surface area contributed by atoms with Gasteiger partial charge in [0.2, 0.25) is 15.9 Å². The van der Waals surface area contributed by atoms with Gasteiger partial charge in [-0.3, -0.25) is 20.9 Å². The smallest absolute Gasteiger partial charge is 0.238 e. The van der Waals surface area contributed by atoms with Crippen LogP contribution in [0, 0.1) is 5.41 Å². The van der Waals surface area contributed by atoms with Gasteiger partial charge in [0.15, 0.2) is 0 Å². The summed E-state index contributed by atoms with van der Waals surface area (Å²) in [6.45, 7) is 2.97. The summed E-state index contributed by atoms with van der Waals surface area (Å²) in [5.74, 6) is -0.153. The number of primary sulfonamides is 1. The first kappa shape index (κ1) is 25.1. The Bertz CT molecular complexity index is 1270. The fourth-order valence-electron chi connectivity index (χ4n) is 3.71. The highest BCUT2D eigenvalue weighted by Gasteiger charge is 2.17. The zero-order chi connectivity index (χ0) is 24.7. The maximum atomic E-state index is 13.1. The van der Waals surface area contributed by atoms with Crippen molar-refractivity contribution in [1.82, 2.24) is 10.4 Å². The van der Waals surface area contributed by atoms with E-state index >= 15 is 0 Å². The molecule has 0 fully saturated rings. The number of carbonyl (C=O) groups is 1. The molecule has 0 atom stereocenters. The van der Waals surface area contributed by atoms with Crippen LogP contribution >= 0.6 is 0 Å². The van der Waals surface area contributed by atoms with E-state index in [9.17, 15) is 13.2 Å². The van der Waals surface area contributed by atoms with Crippen molar-refractivity contribution in [2.45, 2.75) is 31.2 Å². The topological polar surface area (TPSA) is 137 Å². The molecule has 34 heavy (non-hydrogen) atoms. The van der Waals surface area contributed by atoms with E-state index in [1.807, 2.05) is 30.6 Å². The summed E-state index contributed by atoms with van der Waals surface area (Å²) in [4.78, 5) is 14.9. The number of amides is 1. The second-order valence-corrected chi connectivity index (χ2v) is 9.45. The standard InChI is InChI=1S/C25H28N4O4S/c1-2-14-29(17-19-6-5-7-21(15-19)25(26)28-31)24(30)16-18-10-12-20(13-11-18)22-8-3-4-9-23(22)34(27,32)33/h3-13,15,31H,2,14,16-17H2,1H3,(H2,26,28)(H2,27,32,33). The maximum Gasteiger partial charge on any atom is 0.238 e. The Hall–Kier alpha value is -3.53. The fourth-order valence-corrected chi connectivity index (χ4v) is 4.47. The Labute approximate surface area is 199 Å². The van der Waals surface area contributed by atoms with Crippen molar-refractivity contribution in [1.29, 1.82) is 5.41 Å². The van der Waals surface area contributed by atoms with Gasteiger partial charge in [0.05, 0.1) is 11.3 Å². The van der Waals surface area contributed by atoms with Gasteiger partial charge in [-0.2, -0.15) is 0 Å². The molecule has 0 heterocycles. The van der Waals surface area contributed by atoms with Crippen molar-refractivity contribution in [2.24, 2.45) is 5.14 Å². The summed E-state index contributed by atoms with van der Waals surface area (Å²) >= 11 is 0. The Kier molecular flexibility index (Phi) is 8.17. The molecule has 3 rings (SSSR count). The number of hydrogen-bond acceptors (Lipinski definition) is 5. The number of rotatable bonds is 9. The molecule has 9 heteroatoms. The molecule has 0 aliphatic rings. The highest BCUT2D eigenvalue weighted by atomic mass is 32.2. The summed E-state index contributed by atoms with van der Waals surface area (Å²) in [6, 6.07) is 20.9. The zero-order valence-corrected chi connectivity index (χ0v) is 19.7. The van der Waals surface area contributed by atoms with Gasteiger partial charge in [0, 0.05) is 24.2 Å². The van der Waals surface area contributed by atoms with E-state index in [0.29, 0.717) is 29.8 Å². The van der Waals surface area contributed by atoms with E-state index in [-0.39, 0.29) is 23.1 Å². The number of nitrogens with two attached hydrogens (primary N) is 1. The van der Waals surface area contributed by atoms with Gasteiger partial charge in [-0.1, -0.05) is 67.6 Å². The molecule has 0 aromatic heterocycles. The SMILES string of the molecule is CCCN(Cc1cccc(C(=N)NO)c1)C(=O)Cc1ccc(-c2ccccc2S(N)(=O)=O)cc1. The second-order valence-electron chi connectivity index (χ2n) is 7.92. The van der Waals surface area contributed by atoms with Crippen LogP contribution in [0.4, 0.5) is 0 Å². The largest absolute Gasteiger partial charge is 0.338 e. The van der Waals surface area contributed by atoms with Crippen LogP contribution in [-0.4, -0.2) is 36.8 Å². The summed E-state index contributed by atoms with van der Waals surface area (Å²) in [7, 11) is -3.86. The lowest BCUT2D eigenvalue weighted by atomic mass is 10.0. The molecular weight excluding hydrogens is 452 g/mol. The van der Waals surface area contributed by atoms with Crippen molar-refractivity contribution >= 4 is 21.8 Å². The van der Waals surface area contributed by atoms with E-state index < -0.39 is 10.0 Å². The third kappa shape index (κ3) is 6.28. The molecule has 0 spiro atoms. The van der Waals surface area contributed by atoms with Crippen molar-refractivity contribution in [2.75, 3.05) is 6.54 Å². The van der Waals surface area contributed by atoms with Crippen LogP contribution in [-0.2, 0) is 27.8 Å². The average molecular weight is 481 g/mol. The lowest BCUT2D eigenvalue weighted by Gasteiger charge is -2.23. The molecule has 0 aliphatic carbocycles. The predicted molar refractivity (Wildman–Crippen MR) is 131 cm³/mol. The van der Waals surface area contributed by atoms with Gasteiger partial charge in [0.1, 0.15) is 5.84 Å². The first-order valence-corrected chi connectivity index (χ1v) is 12.3. The van der Waals surface area contributed by atoms with Crippen LogP contribution in [0.25, 0.3) is 11.1 Å². The lowest BCUT2D eigenvalue weighted by molar-refractivity contribution is -0.131. The first-order valence-electron chi connectivity index (χ1n) is 10.8. The molecule has 5 N–H and O–H groups in total. The van der Waals surface area contributed by atoms with Crippen LogP contribution < -0.4 is 10.6 Å². The van der Waals surface area contributed by atoms with Gasteiger partial charge in [-0.15, -0.1) is 0 Å². The average Bonchev–Trinajstić information content (AvgIpc) is 2.83. The Morgan fingerprint density at radius 1 is 1.03 bits per heavy atom. The minimum atomic E-state index is -3.86. The molecular formula is C25H28N4O4S. The minimum absolute atomic E-state index is 0.0414. The molecule has 3 aromatic rings. The molecule has 0 unspecified atom stereocenters. The number of amidine groups is 1. The Morgan fingerprint density at radius 3 is 2.38 bits per heavy atom. The molecule has 0 saturated carbocycles. The number of hydroxylamine groups is 1. The zero-order valence-electron chi connectivity index (χ0n) is 18.9. The van der Waals surface area contributed by atoms with Gasteiger partial charge >= 0.3 is 0 Å². The molecule has 0 saturated heterocycles. The summed E-state index contributed by atoms with van der Waals surface area (Å²) in [5.41, 5.74) is 5.23. The Balaban J connectivity index is 1.76. The van der Waals surface area contributed by atoms with E-state index in [0.717, 1.165) is 17.5 Å². The number of nitrogens with zero attached hydrogens (tertiary/aromatic N) is 1. The van der Waals surface area contributed by atoms with E-state index in [1.54, 1.807) is 53.4 Å². The van der Waals surface area contributed by atoms with Gasteiger partial charge < -0.3 is 4.90 Å². The summed E-state index contributed by atoms with van der Waals surface area (Å²) < 4.78 is 23.8. The molecule has 1 amide bonds. The van der Waals surface area contributed by atoms with Gasteiger partial charge in [-0.05, 0) is 35.2 Å². The number of benzene rings is 3. The normalized spacial score (nSPS) is 11.1. The van der Waals surface area contributed by atoms with Crippen LogP contribution in [0.3, 0.4) is 0 Å². The van der Waals surface area contributed by atoms with E-state index in [1.165, 1.54) is 6.07 Å².